The molecule has 3 heterocycles. The van der Waals surface area contributed by atoms with E-state index in [2.05, 4.69) is 20.2 Å². The number of aromatic amines is 1. The molecule has 0 bridgehead atoms. The number of hydrogen-bond acceptors (Lipinski definition) is 4. The Morgan fingerprint density at radius 3 is 2.96 bits per heavy atom. The summed E-state index contributed by atoms with van der Waals surface area (Å²) in [5, 5.41) is 6.08. The van der Waals surface area contributed by atoms with Gasteiger partial charge in [0.1, 0.15) is 11.5 Å². The van der Waals surface area contributed by atoms with Gasteiger partial charge in [0.2, 0.25) is 0 Å². The largest absolute Gasteiger partial charge is 0.357 e. The molecule has 27 heavy (non-hydrogen) atoms. The van der Waals surface area contributed by atoms with Crippen LogP contribution in [0.25, 0.3) is 11.1 Å². The molecule has 140 valence electrons. The lowest BCUT2D eigenvalue weighted by atomic mass is 9.98. The van der Waals surface area contributed by atoms with E-state index in [4.69, 9.17) is 0 Å². The van der Waals surface area contributed by atoms with E-state index in [-0.39, 0.29) is 11.7 Å². The van der Waals surface area contributed by atoms with Crippen molar-refractivity contribution >= 4 is 22.4 Å². The number of anilines is 1. The van der Waals surface area contributed by atoms with Crippen molar-refractivity contribution in [2.75, 3.05) is 24.5 Å². The number of carbonyl (C=O) groups excluding carboxylic acids is 1. The standard InChI is InChI=1S/C20H21FN4OS/c21-17-5-3-15(4-6-17)16-10-18(23-12-16)19(26)24-11-14-2-1-8-25(13-14)20-22-7-9-27-20/h3-7,9-10,12,14,23H,1-2,8,11,13H2,(H,24,26)/t14-/m0/s1. The number of amides is 1. The van der Waals surface area contributed by atoms with Gasteiger partial charge in [0.05, 0.1) is 0 Å². The van der Waals surface area contributed by atoms with E-state index >= 15 is 0 Å². The van der Waals surface area contributed by atoms with E-state index in [1.807, 2.05) is 11.6 Å². The number of nitrogens with one attached hydrogen (secondary N) is 2. The third-order valence-electron chi connectivity index (χ3n) is 4.87. The molecule has 2 N–H and O–H groups in total. The number of rotatable bonds is 5. The maximum Gasteiger partial charge on any atom is 0.267 e. The molecule has 5 nitrogen and oxygen atoms in total. The molecular formula is C20H21FN4OS. The zero-order valence-corrected chi connectivity index (χ0v) is 15.6. The number of H-pyrrole nitrogens is 1. The number of halogens is 1. The van der Waals surface area contributed by atoms with Crippen molar-refractivity contribution in [1.82, 2.24) is 15.3 Å². The van der Waals surface area contributed by atoms with Crippen LogP contribution in [0, 0.1) is 11.7 Å². The SMILES string of the molecule is O=C(NC[C@@H]1CCCN(c2nccs2)C1)c1cc(-c2ccc(F)cc2)c[nH]1. The Kier molecular flexibility index (Phi) is 5.20. The molecule has 2 aromatic heterocycles. The van der Waals surface area contributed by atoms with Gasteiger partial charge in [0, 0.05) is 37.4 Å². The number of piperidine rings is 1. The zero-order valence-electron chi connectivity index (χ0n) is 14.8. The van der Waals surface area contributed by atoms with Crippen LogP contribution >= 0.6 is 11.3 Å². The van der Waals surface area contributed by atoms with Crippen molar-refractivity contribution in [1.29, 1.82) is 0 Å². The molecule has 7 heteroatoms. The van der Waals surface area contributed by atoms with Crippen molar-refractivity contribution in [2.24, 2.45) is 5.92 Å². The summed E-state index contributed by atoms with van der Waals surface area (Å²) in [6.07, 6.45) is 5.81. The van der Waals surface area contributed by atoms with Crippen LogP contribution in [-0.4, -0.2) is 35.5 Å². The van der Waals surface area contributed by atoms with E-state index in [0.29, 0.717) is 18.2 Å². The van der Waals surface area contributed by atoms with Gasteiger partial charge in [-0.05, 0) is 48.1 Å². The van der Waals surface area contributed by atoms with Gasteiger partial charge in [-0.3, -0.25) is 4.79 Å². The quantitative estimate of drug-likeness (QED) is 0.701. The third kappa shape index (κ3) is 4.19. The van der Waals surface area contributed by atoms with Gasteiger partial charge in [-0.15, -0.1) is 11.3 Å². The predicted molar refractivity (Wildman–Crippen MR) is 106 cm³/mol. The second-order valence-corrected chi connectivity index (χ2v) is 7.66. The molecule has 1 atom stereocenters. The first-order valence-corrected chi connectivity index (χ1v) is 9.94. The number of carbonyl (C=O) groups is 1. The normalized spacial score (nSPS) is 17.1. The van der Waals surface area contributed by atoms with E-state index < -0.39 is 0 Å². The maximum absolute atomic E-state index is 13.1. The highest BCUT2D eigenvalue weighted by molar-refractivity contribution is 7.13. The molecule has 0 radical (unpaired) electrons. The Bertz CT molecular complexity index is 891. The predicted octanol–water partition coefficient (Wildman–Crippen LogP) is 3.92. The van der Waals surface area contributed by atoms with Crippen molar-refractivity contribution in [3.8, 4) is 11.1 Å². The van der Waals surface area contributed by atoms with Crippen LogP contribution < -0.4 is 10.2 Å². The molecule has 4 rings (SSSR count). The second kappa shape index (κ2) is 7.92. The fraction of sp³-hybridized carbons (Fsp3) is 0.300. The summed E-state index contributed by atoms with van der Waals surface area (Å²) in [5.41, 5.74) is 2.26. The summed E-state index contributed by atoms with van der Waals surface area (Å²) < 4.78 is 13.1. The second-order valence-electron chi connectivity index (χ2n) is 6.79. The van der Waals surface area contributed by atoms with Crippen LogP contribution in [0.4, 0.5) is 9.52 Å². The zero-order chi connectivity index (χ0) is 18.6. The number of thiazole rings is 1. The van der Waals surface area contributed by atoms with Gasteiger partial charge in [-0.2, -0.15) is 0 Å². The molecule has 1 amide bonds. The first-order valence-electron chi connectivity index (χ1n) is 9.06. The van der Waals surface area contributed by atoms with Gasteiger partial charge >= 0.3 is 0 Å². The van der Waals surface area contributed by atoms with Gasteiger partial charge in [0.25, 0.3) is 5.91 Å². The van der Waals surface area contributed by atoms with Gasteiger partial charge in [-0.1, -0.05) is 12.1 Å². The molecule has 3 aromatic rings. The number of aromatic nitrogens is 2. The molecule has 0 spiro atoms. The van der Waals surface area contributed by atoms with Crippen LogP contribution in [0.15, 0.2) is 48.1 Å². The van der Waals surface area contributed by atoms with E-state index in [1.54, 1.807) is 35.7 Å². The lowest BCUT2D eigenvalue weighted by molar-refractivity contribution is 0.0941. The molecule has 0 saturated carbocycles. The maximum atomic E-state index is 13.1. The Hall–Kier alpha value is -2.67. The Morgan fingerprint density at radius 2 is 2.19 bits per heavy atom. The molecule has 0 unspecified atom stereocenters. The van der Waals surface area contributed by atoms with E-state index in [1.165, 1.54) is 12.1 Å². The summed E-state index contributed by atoms with van der Waals surface area (Å²) in [5.74, 6) is 0.0272. The van der Waals surface area contributed by atoms with Crippen molar-refractivity contribution in [3.63, 3.8) is 0 Å². The summed E-state index contributed by atoms with van der Waals surface area (Å²) in [6.45, 7) is 2.58. The van der Waals surface area contributed by atoms with Crippen LogP contribution in [0.5, 0.6) is 0 Å². The highest BCUT2D eigenvalue weighted by Crippen LogP contribution is 2.25. The Balaban J connectivity index is 1.33. The number of hydrogen-bond donors (Lipinski definition) is 2. The first-order chi connectivity index (χ1) is 13.2. The lowest BCUT2D eigenvalue weighted by Crippen LogP contribution is -2.41. The van der Waals surface area contributed by atoms with E-state index in [0.717, 1.165) is 42.2 Å². The number of nitrogens with zero attached hydrogens (tertiary/aromatic N) is 2. The van der Waals surface area contributed by atoms with Crippen LogP contribution in [0.2, 0.25) is 0 Å². The van der Waals surface area contributed by atoms with Crippen molar-refractivity contribution < 1.29 is 9.18 Å². The fourth-order valence-corrected chi connectivity index (χ4v) is 4.12. The van der Waals surface area contributed by atoms with Crippen LogP contribution in [0.3, 0.4) is 0 Å². The summed E-state index contributed by atoms with van der Waals surface area (Å²) in [4.78, 5) is 22.2. The third-order valence-corrected chi connectivity index (χ3v) is 5.70. The average Bonchev–Trinajstić information content (AvgIpc) is 3.39. The van der Waals surface area contributed by atoms with Crippen molar-refractivity contribution in [3.05, 3.63) is 59.6 Å². The summed E-state index contributed by atoms with van der Waals surface area (Å²) in [6, 6.07) is 8.04. The van der Waals surface area contributed by atoms with Gasteiger partial charge in [-0.25, -0.2) is 9.37 Å². The minimum absolute atomic E-state index is 0.116. The minimum atomic E-state index is -0.272. The van der Waals surface area contributed by atoms with Crippen LogP contribution in [-0.2, 0) is 0 Å². The summed E-state index contributed by atoms with van der Waals surface area (Å²) >= 11 is 1.65. The Morgan fingerprint density at radius 1 is 1.33 bits per heavy atom. The average molecular weight is 384 g/mol. The van der Waals surface area contributed by atoms with Crippen molar-refractivity contribution in [2.45, 2.75) is 12.8 Å². The highest BCUT2D eigenvalue weighted by Gasteiger charge is 2.22. The molecule has 1 aromatic carbocycles. The highest BCUT2D eigenvalue weighted by atomic mass is 32.1. The minimum Gasteiger partial charge on any atom is -0.357 e. The lowest BCUT2D eigenvalue weighted by Gasteiger charge is -2.32. The van der Waals surface area contributed by atoms with Gasteiger partial charge < -0.3 is 15.2 Å². The Labute approximate surface area is 161 Å². The molecule has 1 fully saturated rings. The van der Waals surface area contributed by atoms with E-state index in [9.17, 15) is 9.18 Å². The summed E-state index contributed by atoms with van der Waals surface area (Å²) in [7, 11) is 0. The molecular weight excluding hydrogens is 363 g/mol. The fourth-order valence-electron chi connectivity index (χ4n) is 3.44. The topological polar surface area (TPSA) is 61.0 Å². The van der Waals surface area contributed by atoms with Crippen LogP contribution in [0.1, 0.15) is 23.3 Å². The smallest absolute Gasteiger partial charge is 0.267 e. The molecule has 1 aliphatic rings. The first kappa shape index (κ1) is 17.7. The molecule has 1 saturated heterocycles. The molecule has 0 aliphatic carbocycles. The number of benzene rings is 1. The van der Waals surface area contributed by atoms with Gasteiger partial charge in [0.15, 0.2) is 5.13 Å². The monoisotopic (exact) mass is 384 g/mol. The molecule has 1 aliphatic heterocycles.